The molecule has 0 aliphatic rings. The number of rotatable bonds is 4. The second-order valence-electron chi connectivity index (χ2n) is 4.34. The van der Waals surface area contributed by atoms with E-state index in [-0.39, 0.29) is 5.97 Å². The van der Waals surface area contributed by atoms with E-state index < -0.39 is 0 Å². The second kappa shape index (κ2) is 5.08. The summed E-state index contributed by atoms with van der Waals surface area (Å²) in [5, 5.41) is 3.19. The maximum Gasteiger partial charge on any atom is 0.338 e. The number of nitrogens with zero attached hydrogens (tertiary/aromatic N) is 1. The fourth-order valence-electron chi connectivity index (χ4n) is 1.69. The van der Waals surface area contributed by atoms with Gasteiger partial charge >= 0.3 is 5.97 Å². The average molecular weight is 247 g/mol. The zero-order valence-electron chi connectivity index (χ0n) is 10.8. The fraction of sp³-hybridized carbons (Fsp3) is 0.385. The van der Waals surface area contributed by atoms with E-state index in [1.165, 1.54) is 0 Å². The van der Waals surface area contributed by atoms with Gasteiger partial charge in [-0.2, -0.15) is 0 Å². The van der Waals surface area contributed by atoms with E-state index >= 15 is 0 Å². The lowest BCUT2D eigenvalue weighted by atomic mass is 10.2. The molecule has 2 aromatic rings. The summed E-state index contributed by atoms with van der Waals surface area (Å²) in [4.78, 5) is 19.1. The van der Waals surface area contributed by atoms with Crippen LogP contribution in [-0.2, 0) is 4.74 Å². The Morgan fingerprint density at radius 1 is 1.50 bits per heavy atom. The van der Waals surface area contributed by atoms with Crippen LogP contribution in [0.1, 0.15) is 31.1 Å². The van der Waals surface area contributed by atoms with Gasteiger partial charge in [0.1, 0.15) is 0 Å². The minimum atomic E-state index is -0.313. The molecule has 0 radical (unpaired) electrons. The molecule has 0 spiro atoms. The van der Waals surface area contributed by atoms with Gasteiger partial charge in [0.2, 0.25) is 5.95 Å². The first-order valence-corrected chi connectivity index (χ1v) is 6.03. The highest BCUT2D eigenvalue weighted by atomic mass is 16.5. The molecular weight excluding hydrogens is 230 g/mol. The van der Waals surface area contributed by atoms with Crippen molar-refractivity contribution in [3.05, 3.63) is 23.8 Å². The van der Waals surface area contributed by atoms with Crippen molar-refractivity contribution < 1.29 is 9.53 Å². The number of anilines is 1. The van der Waals surface area contributed by atoms with Gasteiger partial charge in [-0.3, -0.25) is 0 Å². The summed E-state index contributed by atoms with van der Waals surface area (Å²) in [5.74, 6) is 0.397. The summed E-state index contributed by atoms with van der Waals surface area (Å²) in [6, 6.07) is 5.59. The third-order valence-corrected chi connectivity index (χ3v) is 2.42. The van der Waals surface area contributed by atoms with Gasteiger partial charge in [0.05, 0.1) is 23.2 Å². The van der Waals surface area contributed by atoms with Crippen molar-refractivity contribution in [1.82, 2.24) is 9.97 Å². The van der Waals surface area contributed by atoms with E-state index in [1.807, 2.05) is 19.9 Å². The lowest BCUT2D eigenvalue weighted by Crippen LogP contribution is -2.10. The largest absolute Gasteiger partial charge is 0.462 e. The molecule has 18 heavy (non-hydrogen) atoms. The number of carbonyl (C=O) groups is 1. The Hall–Kier alpha value is -2.04. The van der Waals surface area contributed by atoms with Crippen LogP contribution in [0.4, 0.5) is 5.95 Å². The predicted molar refractivity (Wildman–Crippen MR) is 70.8 cm³/mol. The molecular formula is C13H17N3O2. The lowest BCUT2D eigenvalue weighted by Gasteiger charge is -2.04. The van der Waals surface area contributed by atoms with Crippen molar-refractivity contribution in [2.24, 2.45) is 0 Å². The number of fused-ring (bicyclic) bond motifs is 1. The van der Waals surface area contributed by atoms with Crippen molar-refractivity contribution in [2.45, 2.75) is 26.8 Å². The molecule has 0 aliphatic heterocycles. The van der Waals surface area contributed by atoms with Gasteiger partial charge in [-0.1, -0.05) is 0 Å². The van der Waals surface area contributed by atoms with Crippen molar-refractivity contribution in [3.8, 4) is 0 Å². The van der Waals surface area contributed by atoms with E-state index in [1.54, 1.807) is 19.1 Å². The number of esters is 1. The SMILES string of the molecule is CCOC(=O)c1ccc2nc(NC(C)C)[nH]c2c1. The molecule has 1 aromatic carbocycles. The van der Waals surface area contributed by atoms with Gasteiger partial charge < -0.3 is 15.0 Å². The van der Waals surface area contributed by atoms with Gasteiger partial charge in [-0.25, -0.2) is 9.78 Å². The molecule has 5 heteroatoms. The second-order valence-corrected chi connectivity index (χ2v) is 4.34. The Balaban J connectivity index is 2.30. The number of carbonyl (C=O) groups excluding carboxylic acids is 1. The minimum absolute atomic E-state index is 0.301. The smallest absolute Gasteiger partial charge is 0.338 e. The highest BCUT2D eigenvalue weighted by Crippen LogP contribution is 2.17. The lowest BCUT2D eigenvalue weighted by molar-refractivity contribution is 0.0526. The fourth-order valence-corrected chi connectivity index (χ4v) is 1.69. The van der Waals surface area contributed by atoms with Gasteiger partial charge in [0, 0.05) is 6.04 Å². The number of aromatic amines is 1. The van der Waals surface area contributed by atoms with Crippen LogP contribution in [-0.4, -0.2) is 28.6 Å². The summed E-state index contributed by atoms with van der Waals surface area (Å²) in [5.41, 5.74) is 2.18. The molecule has 96 valence electrons. The number of aromatic nitrogens is 2. The van der Waals surface area contributed by atoms with Gasteiger partial charge in [0.15, 0.2) is 0 Å². The molecule has 0 amide bonds. The zero-order valence-corrected chi connectivity index (χ0v) is 10.8. The van der Waals surface area contributed by atoms with E-state index in [2.05, 4.69) is 15.3 Å². The average Bonchev–Trinajstić information content (AvgIpc) is 2.69. The number of H-pyrrole nitrogens is 1. The number of ether oxygens (including phenoxy) is 1. The third-order valence-electron chi connectivity index (χ3n) is 2.42. The molecule has 2 N–H and O–H groups in total. The van der Waals surface area contributed by atoms with Crippen LogP contribution in [0, 0.1) is 0 Å². The van der Waals surface area contributed by atoms with Crippen LogP contribution in [0.15, 0.2) is 18.2 Å². The van der Waals surface area contributed by atoms with Crippen LogP contribution in [0.2, 0.25) is 0 Å². The highest BCUT2D eigenvalue weighted by Gasteiger charge is 2.09. The molecule has 0 atom stereocenters. The first kappa shape index (κ1) is 12.4. The molecule has 5 nitrogen and oxygen atoms in total. The summed E-state index contributed by atoms with van der Waals surface area (Å²) >= 11 is 0. The summed E-state index contributed by atoms with van der Waals surface area (Å²) in [6.45, 7) is 6.24. The van der Waals surface area contributed by atoms with Crippen LogP contribution in [0.3, 0.4) is 0 Å². The van der Waals surface area contributed by atoms with Crippen molar-refractivity contribution in [2.75, 3.05) is 11.9 Å². The van der Waals surface area contributed by atoms with E-state index in [0.29, 0.717) is 24.2 Å². The minimum Gasteiger partial charge on any atom is -0.462 e. The Morgan fingerprint density at radius 3 is 2.94 bits per heavy atom. The molecule has 0 saturated carbocycles. The third kappa shape index (κ3) is 2.61. The van der Waals surface area contributed by atoms with Gasteiger partial charge in [-0.05, 0) is 39.0 Å². The Morgan fingerprint density at radius 2 is 2.28 bits per heavy atom. The zero-order chi connectivity index (χ0) is 13.1. The maximum absolute atomic E-state index is 11.6. The Kier molecular flexibility index (Phi) is 3.50. The molecule has 0 aliphatic carbocycles. The molecule has 0 bridgehead atoms. The van der Waals surface area contributed by atoms with Gasteiger partial charge in [-0.15, -0.1) is 0 Å². The van der Waals surface area contributed by atoms with Crippen LogP contribution in [0.25, 0.3) is 11.0 Å². The molecule has 0 unspecified atom stereocenters. The molecule has 1 aromatic heterocycles. The van der Waals surface area contributed by atoms with Crippen molar-refractivity contribution in [3.63, 3.8) is 0 Å². The first-order valence-electron chi connectivity index (χ1n) is 6.03. The molecule has 2 rings (SSSR count). The number of benzene rings is 1. The first-order chi connectivity index (χ1) is 8.60. The van der Waals surface area contributed by atoms with Crippen molar-refractivity contribution in [1.29, 1.82) is 0 Å². The monoisotopic (exact) mass is 247 g/mol. The number of hydrogen-bond donors (Lipinski definition) is 2. The molecule has 1 heterocycles. The van der Waals surface area contributed by atoms with Crippen molar-refractivity contribution >= 4 is 23.0 Å². The quantitative estimate of drug-likeness (QED) is 0.815. The van der Waals surface area contributed by atoms with E-state index in [4.69, 9.17) is 4.74 Å². The Bertz CT molecular complexity index is 560. The number of imidazole rings is 1. The molecule has 0 saturated heterocycles. The summed E-state index contributed by atoms with van der Waals surface area (Å²) in [7, 11) is 0. The van der Waals surface area contributed by atoms with Gasteiger partial charge in [0.25, 0.3) is 0 Å². The summed E-state index contributed by atoms with van der Waals surface area (Å²) in [6.07, 6.45) is 0. The topological polar surface area (TPSA) is 67.0 Å². The maximum atomic E-state index is 11.6. The molecule has 0 fully saturated rings. The standard InChI is InChI=1S/C13H17N3O2/c1-4-18-12(17)9-5-6-10-11(7-9)16-13(15-10)14-8(2)3/h5-8H,4H2,1-3H3,(H2,14,15,16). The Labute approximate surface area is 106 Å². The predicted octanol–water partition coefficient (Wildman–Crippen LogP) is 2.56. The van der Waals surface area contributed by atoms with E-state index in [0.717, 1.165) is 11.0 Å². The van der Waals surface area contributed by atoms with Crippen LogP contribution >= 0.6 is 0 Å². The van der Waals surface area contributed by atoms with E-state index in [9.17, 15) is 4.79 Å². The van der Waals surface area contributed by atoms with Crippen LogP contribution < -0.4 is 5.32 Å². The normalized spacial score (nSPS) is 10.9. The van der Waals surface area contributed by atoms with Crippen LogP contribution in [0.5, 0.6) is 0 Å². The summed E-state index contributed by atoms with van der Waals surface area (Å²) < 4.78 is 4.96. The highest BCUT2D eigenvalue weighted by molar-refractivity contribution is 5.94. The number of nitrogens with one attached hydrogen (secondary N) is 2. The number of hydrogen-bond acceptors (Lipinski definition) is 4.